The van der Waals surface area contributed by atoms with Crippen LogP contribution in [0.5, 0.6) is 0 Å². The van der Waals surface area contributed by atoms with Gasteiger partial charge in [-0.1, -0.05) is 78.9 Å². The normalized spacial score (nSPS) is 20.0. The van der Waals surface area contributed by atoms with Gasteiger partial charge in [-0.2, -0.15) is 0 Å². The Morgan fingerprint density at radius 2 is 1.17 bits per heavy atom. The van der Waals surface area contributed by atoms with Gasteiger partial charge in [-0.15, -0.1) is 0 Å². The first-order chi connectivity index (χ1) is 11.8. The highest BCUT2D eigenvalue weighted by Gasteiger charge is 2.42. The van der Waals surface area contributed by atoms with Crippen molar-refractivity contribution in [2.75, 3.05) is 0 Å². The molecule has 2 unspecified atom stereocenters. The van der Waals surface area contributed by atoms with Crippen LogP contribution in [0.2, 0.25) is 0 Å². The van der Waals surface area contributed by atoms with E-state index < -0.39 is 0 Å². The van der Waals surface area contributed by atoms with Gasteiger partial charge in [-0.25, -0.2) is 0 Å². The van der Waals surface area contributed by atoms with Crippen molar-refractivity contribution in [1.29, 1.82) is 0 Å². The first-order valence-electron chi connectivity index (χ1n) is 8.01. The largest absolute Gasteiger partial charge is 0.394 e. The smallest absolute Gasteiger partial charge is 0.261 e. The molecule has 3 aromatic rings. The summed E-state index contributed by atoms with van der Waals surface area (Å²) < 4.78 is 0. The number of hydrogen-bond acceptors (Lipinski definition) is 2. The van der Waals surface area contributed by atoms with E-state index in [0.717, 1.165) is 16.7 Å². The first kappa shape index (κ1) is 14.5. The van der Waals surface area contributed by atoms with Crippen molar-refractivity contribution in [2.24, 2.45) is 0 Å². The number of benzene rings is 3. The van der Waals surface area contributed by atoms with E-state index in [1.165, 1.54) is 0 Å². The molecule has 24 heavy (non-hydrogen) atoms. The zero-order valence-corrected chi connectivity index (χ0v) is 13.1. The van der Waals surface area contributed by atoms with Crippen LogP contribution in [-0.2, 0) is 4.84 Å². The van der Waals surface area contributed by atoms with E-state index in [4.69, 9.17) is 4.84 Å². The topological polar surface area (TPSA) is 35.3 Å². The maximum Gasteiger partial charge on any atom is 0.261 e. The third-order valence-corrected chi connectivity index (χ3v) is 4.36. The van der Waals surface area contributed by atoms with Crippen molar-refractivity contribution in [3.63, 3.8) is 0 Å². The Kier molecular flexibility index (Phi) is 3.75. The van der Waals surface area contributed by atoms with Gasteiger partial charge < -0.3 is 4.84 Å². The monoisotopic (exact) mass is 315 g/mol. The molecule has 0 saturated heterocycles. The predicted molar refractivity (Wildman–Crippen MR) is 93.6 cm³/mol. The lowest BCUT2D eigenvalue weighted by atomic mass is 9.83. The van der Waals surface area contributed by atoms with E-state index in [2.05, 4.69) is 0 Å². The van der Waals surface area contributed by atoms with Gasteiger partial charge in [0.05, 0.1) is 5.92 Å². The molecular formula is C21H17NO2. The van der Waals surface area contributed by atoms with E-state index in [1.54, 1.807) is 0 Å². The number of rotatable bonds is 3. The predicted octanol–water partition coefficient (Wildman–Crippen LogP) is 4.46. The summed E-state index contributed by atoms with van der Waals surface area (Å²) in [6, 6.07) is 29.7. The Morgan fingerprint density at radius 3 is 1.75 bits per heavy atom. The van der Waals surface area contributed by atoms with E-state index >= 15 is 0 Å². The Balaban J connectivity index is 1.85. The molecule has 2 atom stereocenters. The van der Waals surface area contributed by atoms with Gasteiger partial charge in [0, 0.05) is 10.5 Å². The van der Waals surface area contributed by atoms with Crippen molar-refractivity contribution < 1.29 is 9.74 Å². The molecule has 0 aliphatic carbocycles. The molecule has 0 radical (unpaired) electrons. The maximum absolute atomic E-state index is 12.6. The highest BCUT2D eigenvalue weighted by atomic mass is 16.9. The van der Waals surface area contributed by atoms with E-state index in [1.807, 2.05) is 91.0 Å². The van der Waals surface area contributed by atoms with E-state index in [-0.39, 0.29) is 12.0 Å². The fraction of sp³-hybridized carbons (Fsp3) is 0.0952. The van der Waals surface area contributed by atoms with Gasteiger partial charge in [0.2, 0.25) is 0 Å². The second kappa shape index (κ2) is 6.20. The molecule has 3 heteroatoms. The highest BCUT2D eigenvalue weighted by Crippen LogP contribution is 2.41. The quantitative estimate of drug-likeness (QED) is 0.669. The molecule has 0 bridgehead atoms. The molecule has 1 aliphatic heterocycles. The lowest BCUT2D eigenvalue weighted by Gasteiger charge is -2.20. The first-order valence-corrected chi connectivity index (χ1v) is 8.01. The van der Waals surface area contributed by atoms with E-state index in [9.17, 15) is 5.21 Å². The summed E-state index contributed by atoms with van der Waals surface area (Å²) in [5.41, 5.74) is 3.61. The van der Waals surface area contributed by atoms with Crippen LogP contribution in [0, 0.1) is 5.21 Å². The summed E-state index contributed by atoms with van der Waals surface area (Å²) in [6.07, 6.45) is -0.332. The Labute approximate surface area is 141 Å². The fourth-order valence-electron chi connectivity index (χ4n) is 3.26. The van der Waals surface area contributed by atoms with Crippen LogP contribution >= 0.6 is 0 Å². The van der Waals surface area contributed by atoms with Crippen molar-refractivity contribution in [1.82, 2.24) is 0 Å². The van der Waals surface area contributed by atoms with Crippen molar-refractivity contribution in [3.8, 4) is 0 Å². The summed E-state index contributed by atoms with van der Waals surface area (Å²) in [6.45, 7) is 0. The standard InChI is InChI=1S/C21H17NO2/c23-22-20(17-12-6-2-7-13-17)19(16-10-4-1-5-11-16)21(24-22)18-14-8-3-9-15-18/h1-15,19,21H. The molecule has 4 rings (SSSR count). The minimum absolute atomic E-state index is 0.145. The third-order valence-electron chi connectivity index (χ3n) is 4.36. The fourth-order valence-corrected chi connectivity index (χ4v) is 3.26. The van der Waals surface area contributed by atoms with Crippen LogP contribution in [-0.4, -0.2) is 10.6 Å². The lowest BCUT2D eigenvalue weighted by Crippen LogP contribution is -2.17. The minimum atomic E-state index is -0.332. The van der Waals surface area contributed by atoms with Gasteiger partial charge in [0.25, 0.3) is 5.71 Å². The molecule has 1 heterocycles. The van der Waals surface area contributed by atoms with Crippen molar-refractivity contribution in [2.45, 2.75) is 12.0 Å². The molecule has 0 aromatic heterocycles. The van der Waals surface area contributed by atoms with Gasteiger partial charge in [-0.05, 0) is 23.3 Å². The summed E-state index contributed by atoms with van der Waals surface area (Å²) in [7, 11) is 0. The van der Waals surface area contributed by atoms with Crippen LogP contribution in [0.4, 0.5) is 0 Å². The minimum Gasteiger partial charge on any atom is -0.394 e. The molecule has 0 fully saturated rings. The molecule has 0 spiro atoms. The van der Waals surface area contributed by atoms with Gasteiger partial charge in [0.15, 0.2) is 0 Å². The molecule has 3 nitrogen and oxygen atoms in total. The molecule has 1 aliphatic rings. The average molecular weight is 315 g/mol. The second-order valence-electron chi connectivity index (χ2n) is 5.83. The zero-order valence-electron chi connectivity index (χ0n) is 13.1. The maximum atomic E-state index is 12.6. The summed E-state index contributed by atoms with van der Waals surface area (Å²) in [5.74, 6) is -0.145. The molecular weight excluding hydrogens is 298 g/mol. The number of hydrogen-bond donors (Lipinski definition) is 0. The van der Waals surface area contributed by atoms with Crippen LogP contribution in [0.3, 0.4) is 0 Å². The zero-order chi connectivity index (χ0) is 16.4. The van der Waals surface area contributed by atoms with Crippen LogP contribution in [0.1, 0.15) is 28.7 Å². The Bertz CT molecular complexity index is 845. The molecule has 0 N–H and O–H groups in total. The third kappa shape index (κ3) is 2.54. The van der Waals surface area contributed by atoms with Gasteiger partial charge >= 0.3 is 0 Å². The van der Waals surface area contributed by atoms with Gasteiger partial charge in [0.1, 0.15) is 6.10 Å². The highest BCUT2D eigenvalue weighted by molar-refractivity contribution is 6.02. The number of nitrogens with zero attached hydrogens (tertiary/aromatic N) is 1. The molecule has 0 amide bonds. The summed E-state index contributed by atoms with van der Waals surface area (Å²) in [4.78, 5) is 6.41. The second-order valence-corrected chi connectivity index (χ2v) is 5.83. The van der Waals surface area contributed by atoms with Crippen LogP contribution < -0.4 is 0 Å². The van der Waals surface area contributed by atoms with Crippen LogP contribution in [0.25, 0.3) is 0 Å². The average Bonchev–Trinajstić information content (AvgIpc) is 3.01. The summed E-state index contributed by atoms with van der Waals surface area (Å²) in [5, 5.41) is 12.6. The van der Waals surface area contributed by atoms with E-state index in [0.29, 0.717) is 10.6 Å². The molecule has 0 saturated carbocycles. The molecule has 118 valence electrons. The Hall–Kier alpha value is -3.07. The van der Waals surface area contributed by atoms with Crippen molar-refractivity contribution in [3.05, 3.63) is 113 Å². The van der Waals surface area contributed by atoms with Gasteiger partial charge in [-0.3, -0.25) is 5.21 Å². The van der Waals surface area contributed by atoms with Crippen LogP contribution in [0.15, 0.2) is 91.0 Å². The molecule has 3 aromatic carbocycles. The SMILES string of the molecule is [O-][N+]1=C(c2ccccc2)C(c2ccccc2)C(c2ccccc2)O1. The Morgan fingerprint density at radius 1 is 0.667 bits per heavy atom. The summed E-state index contributed by atoms with van der Waals surface area (Å²) >= 11 is 0. The lowest BCUT2D eigenvalue weighted by molar-refractivity contribution is -0.742. The van der Waals surface area contributed by atoms with Crippen molar-refractivity contribution >= 4 is 5.71 Å².